The molecule has 2 unspecified atom stereocenters. The molecule has 0 bridgehead atoms. The summed E-state index contributed by atoms with van der Waals surface area (Å²) in [5, 5.41) is 12.6. The van der Waals surface area contributed by atoms with Crippen LogP contribution < -0.4 is 16.0 Å². The molecule has 0 spiro atoms. The van der Waals surface area contributed by atoms with Crippen molar-refractivity contribution in [3.63, 3.8) is 0 Å². The molecule has 2 rings (SSSR count). The molecule has 1 heterocycles. The molecule has 1 aliphatic heterocycles. The SMILES string of the molecule is CCC(C)/C(=C/C(/C=C\N(C)c1cccc(C2C(/C=C/CO)=C(NC)N=C(N)N2C)c1C)=C(\C)C=O)C/C=C/F. The van der Waals surface area contributed by atoms with Crippen molar-refractivity contribution in [2.24, 2.45) is 16.6 Å². The highest BCUT2D eigenvalue weighted by Crippen LogP contribution is 2.37. The number of rotatable bonds is 13. The highest BCUT2D eigenvalue weighted by atomic mass is 19.1. The summed E-state index contributed by atoms with van der Waals surface area (Å²) in [6, 6.07) is 5.88. The normalized spacial score (nSPS) is 18.0. The third-order valence-corrected chi connectivity index (χ3v) is 7.34. The van der Waals surface area contributed by atoms with Gasteiger partial charge in [0.1, 0.15) is 12.1 Å². The monoisotopic (exact) mass is 549 g/mol. The summed E-state index contributed by atoms with van der Waals surface area (Å²) in [5.74, 6) is 1.29. The topological polar surface area (TPSA) is 94.2 Å². The van der Waals surface area contributed by atoms with Crippen molar-refractivity contribution >= 4 is 17.9 Å². The number of aliphatic hydroxyl groups excluding tert-OH is 1. The van der Waals surface area contributed by atoms with E-state index >= 15 is 0 Å². The van der Waals surface area contributed by atoms with Gasteiger partial charge in [0.15, 0.2) is 5.96 Å². The number of nitrogens with zero attached hydrogens (tertiary/aromatic N) is 3. The van der Waals surface area contributed by atoms with Crippen LogP contribution in [0, 0.1) is 12.8 Å². The molecule has 2 atom stereocenters. The average Bonchev–Trinajstić information content (AvgIpc) is 2.96. The Morgan fingerprint density at radius 1 is 1.35 bits per heavy atom. The summed E-state index contributed by atoms with van der Waals surface area (Å²) in [7, 11) is 5.66. The van der Waals surface area contributed by atoms with Crippen molar-refractivity contribution in [1.82, 2.24) is 10.2 Å². The Hall–Kier alpha value is -3.91. The van der Waals surface area contributed by atoms with Crippen LogP contribution in [0.15, 0.2) is 94.2 Å². The van der Waals surface area contributed by atoms with E-state index < -0.39 is 0 Å². The number of aliphatic hydroxyl groups is 1. The van der Waals surface area contributed by atoms with Gasteiger partial charge in [0, 0.05) is 38.6 Å². The van der Waals surface area contributed by atoms with Crippen LogP contribution in [0.2, 0.25) is 0 Å². The standard InChI is InChI=1S/C32H44FN5O2/c1-8-22(2)25(12-10-17-33)20-26(23(3)21-40)16-18-37(6)29-15-9-13-27(24(29)4)30-28(14-11-19-39)31(35-5)36-32(34)38(30)7/h9-11,13-18,20-22,30,35,39H,8,12,19H2,1-7H3,(H2,34,36)/b14-11+,17-10+,18-16-,25-20+,26-23+. The maximum atomic E-state index is 12.8. The lowest BCUT2D eigenvalue weighted by Gasteiger charge is -2.36. The molecule has 0 aromatic heterocycles. The smallest absolute Gasteiger partial charge is 0.198 e. The van der Waals surface area contributed by atoms with Crippen LogP contribution in [-0.2, 0) is 4.79 Å². The fraction of sp³-hybridized carbons (Fsp3) is 0.375. The van der Waals surface area contributed by atoms with E-state index in [0.717, 1.165) is 46.2 Å². The van der Waals surface area contributed by atoms with Crippen molar-refractivity contribution in [3.05, 3.63) is 100 Å². The van der Waals surface area contributed by atoms with Crippen molar-refractivity contribution in [2.45, 2.75) is 46.6 Å². The van der Waals surface area contributed by atoms with E-state index in [0.29, 0.717) is 30.1 Å². The first-order valence-corrected chi connectivity index (χ1v) is 13.5. The number of hydrogen-bond acceptors (Lipinski definition) is 7. The second-order valence-electron chi connectivity index (χ2n) is 9.89. The van der Waals surface area contributed by atoms with Crippen LogP contribution in [-0.4, -0.2) is 50.0 Å². The summed E-state index contributed by atoms with van der Waals surface area (Å²) < 4.78 is 12.8. The lowest BCUT2D eigenvalue weighted by Crippen LogP contribution is -2.42. The summed E-state index contributed by atoms with van der Waals surface area (Å²) in [6.45, 7) is 7.96. The predicted octanol–water partition coefficient (Wildman–Crippen LogP) is 5.59. The number of likely N-dealkylation sites (N-methyl/N-ethyl adjacent to an activating group) is 1. The number of aldehydes is 1. The van der Waals surface area contributed by atoms with Gasteiger partial charge in [-0.25, -0.2) is 4.39 Å². The first-order chi connectivity index (χ1) is 19.1. The zero-order chi connectivity index (χ0) is 29.8. The molecule has 0 saturated heterocycles. The molecule has 0 fully saturated rings. The maximum absolute atomic E-state index is 12.8. The summed E-state index contributed by atoms with van der Waals surface area (Å²) in [6.07, 6.45) is 13.7. The Morgan fingerprint density at radius 3 is 2.67 bits per heavy atom. The van der Waals surface area contributed by atoms with Gasteiger partial charge in [0.2, 0.25) is 0 Å². The molecule has 0 amide bonds. The Morgan fingerprint density at radius 2 is 2.08 bits per heavy atom. The molecule has 40 heavy (non-hydrogen) atoms. The molecule has 8 heteroatoms. The van der Waals surface area contributed by atoms with Crippen molar-refractivity contribution in [2.75, 3.05) is 32.6 Å². The van der Waals surface area contributed by atoms with Gasteiger partial charge in [-0.05, 0) is 67.0 Å². The first kappa shape index (κ1) is 32.3. The number of carbonyl (C=O) groups is 1. The molecule has 0 radical (unpaired) electrons. The molecule has 0 aliphatic carbocycles. The number of hydrogen-bond donors (Lipinski definition) is 3. The Bertz CT molecular complexity index is 1260. The quantitative estimate of drug-likeness (QED) is 0.169. The van der Waals surface area contributed by atoms with Crippen LogP contribution in [0.5, 0.6) is 0 Å². The fourth-order valence-corrected chi connectivity index (χ4v) is 4.65. The molecular weight excluding hydrogens is 505 g/mol. The van der Waals surface area contributed by atoms with Gasteiger partial charge >= 0.3 is 0 Å². The van der Waals surface area contributed by atoms with E-state index in [1.807, 2.05) is 60.5 Å². The van der Waals surface area contributed by atoms with Crippen LogP contribution >= 0.6 is 0 Å². The average molecular weight is 550 g/mol. The van der Waals surface area contributed by atoms with E-state index in [-0.39, 0.29) is 18.6 Å². The summed E-state index contributed by atoms with van der Waals surface area (Å²) >= 11 is 0. The largest absolute Gasteiger partial charge is 0.392 e. The van der Waals surface area contributed by atoms with Crippen molar-refractivity contribution in [3.8, 4) is 0 Å². The lowest BCUT2D eigenvalue weighted by atomic mass is 9.91. The predicted molar refractivity (Wildman–Crippen MR) is 164 cm³/mol. The van der Waals surface area contributed by atoms with Gasteiger partial charge < -0.3 is 26.0 Å². The van der Waals surface area contributed by atoms with Gasteiger partial charge in [-0.15, -0.1) is 0 Å². The second-order valence-corrected chi connectivity index (χ2v) is 9.89. The minimum Gasteiger partial charge on any atom is -0.392 e. The number of nitrogens with two attached hydrogens (primary N) is 1. The second kappa shape index (κ2) is 15.6. The summed E-state index contributed by atoms with van der Waals surface area (Å²) in [4.78, 5) is 20.1. The van der Waals surface area contributed by atoms with Crippen LogP contribution in [0.25, 0.3) is 0 Å². The van der Waals surface area contributed by atoms with Gasteiger partial charge in [-0.1, -0.05) is 55.9 Å². The van der Waals surface area contributed by atoms with E-state index in [1.165, 1.54) is 6.08 Å². The molecular formula is C32H44FN5O2. The number of aliphatic imine (C=N–C) groups is 1. The van der Waals surface area contributed by atoms with Gasteiger partial charge in [-0.2, -0.15) is 4.99 Å². The Kier molecular flexibility index (Phi) is 12.6. The number of anilines is 1. The number of nitrogens with one attached hydrogen (secondary N) is 1. The highest BCUT2D eigenvalue weighted by Gasteiger charge is 2.30. The molecule has 1 aromatic carbocycles. The van der Waals surface area contributed by atoms with E-state index in [9.17, 15) is 14.3 Å². The van der Waals surface area contributed by atoms with Crippen molar-refractivity contribution < 1.29 is 14.3 Å². The molecule has 1 aromatic rings. The molecule has 7 nitrogen and oxygen atoms in total. The minimum atomic E-state index is -0.225. The molecule has 1 aliphatic rings. The van der Waals surface area contributed by atoms with E-state index in [4.69, 9.17) is 5.73 Å². The Labute approximate surface area is 238 Å². The maximum Gasteiger partial charge on any atom is 0.198 e. The molecule has 4 N–H and O–H groups in total. The number of benzene rings is 1. The number of halogens is 1. The zero-order valence-corrected chi connectivity index (χ0v) is 24.8. The molecule has 216 valence electrons. The van der Waals surface area contributed by atoms with Crippen LogP contribution in [0.4, 0.5) is 10.1 Å². The third kappa shape index (κ3) is 7.82. The van der Waals surface area contributed by atoms with Gasteiger partial charge in [0.25, 0.3) is 0 Å². The number of guanidine groups is 1. The van der Waals surface area contributed by atoms with Crippen LogP contribution in [0.3, 0.4) is 0 Å². The highest BCUT2D eigenvalue weighted by molar-refractivity contribution is 5.82. The van der Waals surface area contributed by atoms with Gasteiger partial charge in [-0.3, -0.25) is 4.79 Å². The minimum absolute atomic E-state index is 0.0873. The van der Waals surface area contributed by atoms with E-state index in [1.54, 1.807) is 20.0 Å². The molecule has 0 saturated carbocycles. The number of allylic oxidation sites excluding steroid dienone is 6. The van der Waals surface area contributed by atoms with Crippen LogP contribution in [0.1, 0.15) is 50.8 Å². The third-order valence-electron chi connectivity index (χ3n) is 7.34. The summed E-state index contributed by atoms with van der Waals surface area (Å²) in [5.41, 5.74) is 12.7. The van der Waals surface area contributed by atoms with Gasteiger partial charge in [0.05, 0.1) is 19.0 Å². The number of carbonyl (C=O) groups excluding carboxylic acids is 1. The Balaban J connectivity index is 2.55. The van der Waals surface area contributed by atoms with E-state index in [2.05, 4.69) is 37.1 Å². The lowest BCUT2D eigenvalue weighted by molar-refractivity contribution is -0.104. The van der Waals surface area contributed by atoms with Crippen molar-refractivity contribution in [1.29, 1.82) is 0 Å². The fourth-order valence-electron chi connectivity index (χ4n) is 4.65. The first-order valence-electron chi connectivity index (χ1n) is 13.5. The zero-order valence-electron chi connectivity index (χ0n) is 24.8.